The summed E-state index contributed by atoms with van der Waals surface area (Å²) >= 11 is 0. The molecule has 0 aliphatic carbocycles. The summed E-state index contributed by atoms with van der Waals surface area (Å²) in [7, 11) is 3.12. The Morgan fingerprint density at radius 1 is 1.47 bits per heavy atom. The first-order valence-corrected chi connectivity index (χ1v) is 5.22. The Bertz CT molecular complexity index is 392. The van der Waals surface area contributed by atoms with Gasteiger partial charge in [0.1, 0.15) is 5.75 Å². The molecule has 1 aromatic carbocycles. The molecule has 0 heterocycles. The molecule has 0 radical (unpaired) electrons. The molecular formula is C12H17NO4. The molecule has 0 aliphatic heterocycles. The van der Waals surface area contributed by atoms with E-state index in [1.54, 1.807) is 13.2 Å². The van der Waals surface area contributed by atoms with Gasteiger partial charge in [-0.3, -0.25) is 4.79 Å². The van der Waals surface area contributed by atoms with E-state index in [9.17, 15) is 4.79 Å². The number of carboxylic acid groups (broad SMARTS) is 1. The fraction of sp³-hybridized carbons (Fsp3) is 0.417. The molecule has 0 saturated carbocycles. The lowest BCUT2D eigenvalue weighted by molar-refractivity contribution is -0.137. The van der Waals surface area contributed by atoms with Crippen LogP contribution in [-0.2, 0) is 16.1 Å². The molecule has 0 saturated heterocycles. The van der Waals surface area contributed by atoms with Gasteiger partial charge in [0.2, 0.25) is 0 Å². The lowest BCUT2D eigenvalue weighted by Gasteiger charge is -2.17. The number of hydrogen-bond acceptors (Lipinski definition) is 4. The minimum absolute atomic E-state index is 0.132. The fourth-order valence-electron chi connectivity index (χ4n) is 1.71. The molecule has 0 aromatic heterocycles. The van der Waals surface area contributed by atoms with E-state index < -0.39 is 12.0 Å². The Kier molecular flexibility index (Phi) is 4.93. The highest BCUT2D eigenvalue weighted by atomic mass is 16.5. The summed E-state index contributed by atoms with van der Waals surface area (Å²) in [5.41, 5.74) is 7.38. The lowest BCUT2D eigenvalue weighted by Crippen LogP contribution is -2.16. The number of nitrogens with two attached hydrogens (primary N) is 1. The summed E-state index contributed by atoms with van der Waals surface area (Å²) in [6, 6.07) is 4.86. The molecule has 5 nitrogen and oxygen atoms in total. The minimum atomic E-state index is -0.934. The molecule has 0 bridgehead atoms. The van der Waals surface area contributed by atoms with E-state index >= 15 is 0 Å². The van der Waals surface area contributed by atoms with Gasteiger partial charge in [-0.05, 0) is 0 Å². The number of benzene rings is 1. The zero-order valence-corrected chi connectivity index (χ0v) is 9.97. The number of hydrogen-bond donors (Lipinski definition) is 2. The highest BCUT2D eigenvalue weighted by molar-refractivity contribution is 5.68. The van der Waals surface area contributed by atoms with Crippen molar-refractivity contribution in [1.82, 2.24) is 0 Å². The van der Waals surface area contributed by atoms with Gasteiger partial charge < -0.3 is 20.3 Å². The maximum absolute atomic E-state index is 10.6. The van der Waals surface area contributed by atoms with Gasteiger partial charge in [-0.2, -0.15) is 0 Å². The molecule has 3 N–H and O–H groups in total. The lowest BCUT2D eigenvalue weighted by atomic mass is 10.0. The van der Waals surface area contributed by atoms with Crippen molar-refractivity contribution in [3.05, 3.63) is 29.3 Å². The third kappa shape index (κ3) is 3.44. The fourth-order valence-corrected chi connectivity index (χ4v) is 1.71. The van der Waals surface area contributed by atoms with E-state index in [-0.39, 0.29) is 6.42 Å². The summed E-state index contributed by atoms with van der Waals surface area (Å²) in [4.78, 5) is 10.6. The molecule has 1 rings (SSSR count). The van der Waals surface area contributed by atoms with Crippen LogP contribution in [-0.4, -0.2) is 25.3 Å². The van der Waals surface area contributed by atoms with Crippen LogP contribution in [0.3, 0.4) is 0 Å². The molecule has 1 atom stereocenters. The van der Waals surface area contributed by atoms with Crippen molar-refractivity contribution in [2.45, 2.75) is 19.1 Å². The van der Waals surface area contributed by atoms with Crippen molar-refractivity contribution in [2.24, 2.45) is 5.73 Å². The molecule has 0 amide bonds. The van der Waals surface area contributed by atoms with E-state index in [4.69, 9.17) is 20.3 Å². The quantitative estimate of drug-likeness (QED) is 0.782. The smallest absolute Gasteiger partial charge is 0.305 e. The van der Waals surface area contributed by atoms with Gasteiger partial charge in [-0.15, -0.1) is 0 Å². The monoisotopic (exact) mass is 239 g/mol. The van der Waals surface area contributed by atoms with Crippen LogP contribution in [0.5, 0.6) is 5.75 Å². The number of methoxy groups -OCH3 is 2. The van der Waals surface area contributed by atoms with Crippen molar-refractivity contribution in [3.63, 3.8) is 0 Å². The topological polar surface area (TPSA) is 81.8 Å². The summed E-state index contributed by atoms with van der Waals surface area (Å²) in [5, 5.41) is 8.74. The zero-order chi connectivity index (χ0) is 12.8. The number of para-hydroxylation sites is 1. The van der Waals surface area contributed by atoms with Crippen molar-refractivity contribution in [1.29, 1.82) is 0 Å². The van der Waals surface area contributed by atoms with Crippen LogP contribution in [0.2, 0.25) is 0 Å². The van der Waals surface area contributed by atoms with Gasteiger partial charge in [-0.25, -0.2) is 0 Å². The van der Waals surface area contributed by atoms with Crippen LogP contribution in [0.25, 0.3) is 0 Å². The normalized spacial score (nSPS) is 12.2. The Morgan fingerprint density at radius 3 is 2.71 bits per heavy atom. The highest BCUT2D eigenvalue weighted by Gasteiger charge is 2.17. The molecule has 0 spiro atoms. The molecular weight excluding hydrogens is 222 g/mol. The summed E-state index contributed by atoms with van der Waals surface area (Å²) in [6.45, 7) is 0.400. The Hall–Kier alpha value is -1.59. The Labute approximate surface area is 100 Å². The second-order valence-corrected chi connectivity index (χ2v) is 3.68. The first-order chi connectivity index (χ1) is 8.10. The predicted octanol–water partition coefficient (Wildman–Crippen LogP) is 1.32. The second-order valence-electron chi connectivity index (χ2n) is 3.68. The van der Waals surface area contributed by atoms with Crippen LogP contribution < -0.4 is 10.5 Å². The van der Waals surface area contributed by atoms with Crippen LogP contribution in [0.1, 0.15) is 23.6 Å². The third-order valence-corrected chi connectivity index (χ3v) is 2.43. The molecule has 1 unspecified atom stereocenters. The number of rotatable bonds is 6. The van der Waals surface area contributed by atoms with E-state index in [1.807, 2.05) is 12.1 Å². The molecule has 1 aromatic rings. The van der Waals surface area contributed by atoms with E-state index in [0.717, 1.165) is 5.56 Å². The summed E-state index contributed by atoms with van der Waals surface area (Å²) in [5.74, 6) is -0.334. The minimum Gasteiger partial charge on any atom is -0.496 e. The predicted molar refractivity (Wildman–Crippen MR) is 62.9 cm³/mol. The van der Waals surface area contributed by atoms with Gasteiger partial charge in [0.15, 0.2) is 0 Å². The second kappa shape index (κ2) is 6.22. The standard InChI is InChI=1S/C12H17NO4/c1-16-7-8-4-3-5-9(12(8)17-2)10(13)6-11(14)15/h3-5,10H,6-7,13H2,1-2H3,(H,14,15). The van der Waals surface area contributed by atoms with Gasteiger partial charge >= 0.3 is 5.97 Å². The number of aliphatic carboxylic acids is 1. The molecule has 5 heteroatoms. The van der Waals surface area contributed by atoms with E-state index in [0.29, 0.717) is 17.9 Å². The third-order valence-electron chi connectivity index (χ3n) is 2.43. The molecule has 0 fully saturated rings. The van der Waals surface area contributed by atoms with Crippen molar-refractivity contribution >= 4 is 5.97 Å². The van der Waals surface area contributed by atoms with Crippen LogP contribution in [0, 0.1) is 0 Å². The van der Waals surface area contributed by atoms with Gasteiger partial charge in [-0.1, -0.05) is 18.2 Å². The van der Waals surface area contributed by atoms with Gasteiger partial charge in [0.25, 0.3) is 0 Å². The van der Waals surface area contributed by atoms with Crippen molar-refractivity contribution in [2.75, 3.05) is 14.2 Å². The maximum atomic E-state index is 10.6. The number of ether oxygens (including phenoxy) is 2. The van der Waals surface area contributed by atoms with E-state index in [1.165, 1.54) is 7.11 Å². The molecule has 17 heavy (non-hydrogen) atoms. The average molecular weight is 239 g/mol. The first kappa shape index (κ1) is 13.5. The molecule has 0 aliphatic rings. The Morgan fingerprint density at radius 2 is 2.18 bits per heavy atom. The number of carbonyl (C=O) groups is 1. The first-order valence-electron chi connectivity index (χ1n) is 5.22. The van der Waals surface area contributed by atoms with Gasteiger partial charge in [0.05, 0.1) is 20.1 Å². The zero-order valence-electron chi connectivity index (χ0n) is 9.97. The molecule has 94 valence electrons. The van der Waals surface area contributed by atoms with Crippen molar-refractivity contribution < 1.29 is 19.4 Å². The van der Waals surface area contributed by atoms with Crippen LogP contribution >= 0.6 is 0 Å². The van der Waals surface area contributed by atoms with Crippen LogP contribution in [0.15, 0.2) is 18.2 Å². The SMILES string of the molecule is COCc1cccc(C(N)CC(=O)O)c1OC. The highest BCUT2D eigenvalue weighted by Crippen LogP contribution is 2.29. The maximum Gasteiger partial charge on any atom is 0.305 e. The largest absolute Gasteiger partial charge is 0.496 e. The number of carboxylic acids is 1. The average Bonchev–Trinajstić information content (AvgIpc) is 2.28. The Balaban J connectivity index is 3.05. The van der Waals surface area contributed by atoms with Crippen molar-refractivity contribution in [3.8, 4) is 5.75 Å². The van der Waals surface area contributed by atoms with Crippen LogP contribution in [0.4, 0.5) is 0 Å². The summed E-state index contributed by atoms with van der Waals surface area (Å²) < 4.78 is 10.3. The summed E-state index contributed by atoms with van der Waals surface area (Å²) in [6.07, 6.45) is -0.132. The van der Waals surface area contributed by atoms with E-state index in [2.05, 4.69) is 0 Å². The van der Waals surface area contributed by atoms with Gasteiger partial charge in [0, 0.05) is 24.3 Å².